The van der Waals surface area contributed by atoms with Gasteiger partial charge >= 0.3 is 5.97 Å². The monoisotopic (exact) mass is 210 g/mol. The van der Waals surface area contributed by atoms with Crippen LogP contribution in [-0.4, -0.2) is 23.8 Å². The van der Waals surface area contributed by atoms with Crippen molar-refractivity contribution in [2.24, 2.45) is 0 Å². The maximum absolute atomic E-state index is 10.6. The maximum Gasteiger partial charge on any atom is 0.344 e. The minimum Gasteiger partial charge on any atom is -0.494 e. The molecular weight excluding hydrogens is 196 g/mol. The highest BCUT2D eigenvalue weighted by Gasteiger charge is 2.12. The van der Waals surface area contributed by atoms with Crippen molar-refractivity contribution in [3.8, 4) is 11.5 Å². The van der Waals surface area contributed by atoms with E-state index < -0.39 is 12.1 Å². The first kappa shape index (κ1) is 11.4. The molecule has 1 N–H and O–H groups in total. The minimum atomic E-state index is -0.989. The van der Waals surface area contributed by atoms with Crippen molar-refractivity contribution in [3.05, 3.63) is 24.3 Å². The van der Waals surface area contributed by atoms with E-state index in [0.717, 1.165) is 0 Å². The van der Waals surface area contributed by atoms with E-state index >= 15 is 0 Å². The Bertz CT molecular complexity index is 335. The Kier molecular flexibility index (Phi) is 3.97. The molecule has 1 rings (SSSR count). The largest absolute Gasteiger partial charge is 0.494 e. The Labute approximate surface area is 88.4 Å². The van der Waals surface area contributed by atoms with Gasteiger partial charge in [0.2, 0.25) is 0 Å². The van der Waals surface area contributed by atoms with Crippen molar-refractivity contribution >= 4 is 5.97 Å². The van der Waals surface area contributed by atoms with Gasteiger partial charge in [-0.2, -0.15) is 0 Å². The Morgan fingerprint density at radius 2 is 2.13 bits per heavy atom. The molecule has 0 aliphatic heterocycles. The number of rotatable bonds is 5. The van der Waals surface area contributed by atoms with Gasteiger partial charge in [-0.25, -0.2) is 4.79 Å². The van der Waals surface area contributed by atoms with E-state index in [1.54, 1.807) is 24.3 Å². The molecule has 0 bridgehead atoms. The van der Waals surface area contributed by atoms with Crippen molar-refractivity contribution in [2.75, 3.05) is 6.61 Å². The van der Waals surface area contributed by atoms with Crippen LogP contribution in [0.25, 0.3) is 0 Å². The fourth-order valence-electron chi connectivity index (χ4n) is 1.06. The number of aliphatic carboxylic acids is 1. The molecule has 0 spiro atoms. The van der Waals surface area contributed by atoms with Crippen LogP contribution in [0, 0.1) is 0 Å². The number of ether oxygens (including phenoxy) is 2. The van der Waals surface area contributed by atoms with Crippen LogP contribution in [0.4, 0.5) is 0 Å². The molecule has 82 valence electrons. The first-order valence-corrected chi connectivity index (χ1v) is 4.75. The molecule has 4 nitrogen and oxygen atoms in total. The molecule has 0 amide bonds. The summed E-state index contributed by atoms with van der Waals surface area (Å²) in [6, 6.07) is 6.92. The van der Waals surface area contributed by atoms with E-state index in [4.69, 9.17) is 14.6 Å². The molecular formula is C11H14O4. The zero-order chi connectivity index (χ0) is 11.3. The lowest BCUT2D eigenvalue weighted by Crippen LogP contribution is -2.22. The van der Waals surface area contributed by atoms with Crippen LogP contribution >= 0.6 is 0 Å². The minimum absolute atomic E-state index is 0.496. The first-order chi connectivity index (χ1) is 7.13. The van der Waals surface area contributed by atoms with Gasteiger partial charge in [-0.3, -0.25) is 0 Å². The van der Waals surface area contributed by atoms with Crippen LogP contribution in [0.2, 0.25) is 0 Å². The van der Waals surface area contributed by atoms with Crippen LogP contribution in [0.3, 0.4) is 0 Å². The predicted molar refractivity (Wildman–Crippen MR) is 55.3 cm³/mol. The van der Waals surface area contributed by atoms with Gasteiger partial charge < -0.3 is 14.6 Å². The highest BCUT2D eigenvalue weighted by Crippen LogP contribution is 2.20. The summed E-state index contributed by atoms with van der Waals surface area (Å²) in [5.74, 6) is 0.181. The third-order valence-electron chi connectivity index (χ3n) is 1.78. The second kappa shape index (κ2) is 5.24. The molecule has 1 aromatic rings. The van der Waals surface area contributed by atoms with Crippen molar-refractivity contribution in [1.82, 2.24) is 0 Å². The lowest BCUT2D eigenvalue weighted by Gasteiger charge is -2.11. The molecule has 1 unspecified atom stereocenters. The van der Waals surface area contributed by atoms with Crippen LogP contribution in [0.15, 0.2) is 24.3 Å². The topological polar surface area (TPSA) is 55.8 Å². The molecule has 0 saturated heterocycles. The maximum atomic E-state index is 10.6. The fourth-order valence-corrected chi connectivity index (χ4v) is 1.06. The summed E-state index contributed by atoms with van der Waals surface area (Å²) in [4.78, 5) is 10.6. The normalized spacial score (nSPS) is 11.9. The molecule has 1 atom stereocenters. The van der Waals surface area contributed by atoms with E-state index in [0.29, 0.717) is 18.1 Å². The summed E-state index contributed by atoms with van der Waals surface area (Å²) in [6.45, 7) is 3.93. The summed E-state index contributed by atoms with van der Waals surface area (Å²) in [5, 5.41) is 8.66. The fraction of sp³-hybridized carbons (Fsp3) is 0.364. The van der Waals surface area contributed by atoms with Gasteiger partial charge in [-0.05, 0) is 26.0 Å². The van der Waals surface area contributed by atoms with E-state index in [2.05, 4.69) is 0 Å². The van der Waals surface area contributed by atoms with Crippen LogP contribution < -0.4 is 9.47 Å². The van der Waals surface area contributed by atoms with Crippen molar-refractivity contribution in [1.29, 1.82) is 0 Å². The summed E-state index contributed by atoms with van der Waals surface area (Å²) in [5.41, 5.74) is 0. The standard InChI is InChI=1S/C11H14O4/c1-3-14-9-5-4-6-10(7-9)15-8(2)11(12)13/h4-8H,3H2,1-2H3,(H,12,13). The average Bonchev–Trinajstić information content (AvgIpc) is 2.18. The molecule has 0 aliphatic carbocycles. The molecule has 0 heterocycles. The van der Waals surface area contributed by atoms with E-state index in [1.165, 1.54) is 6.92 Å². The van der Waals surface area contributed by atoms with Gasteiger partial charge in [-0.15, -0.1) is 0 Å². The van der Waals surface area contributed by atoms with Crippen LogP contribution in [0.5, 0.6) is 11.5 Å². The number of hydrogen-bond acceptors (Lipinski definition) is 3. The number of carboxylic acids is 1. The molecule has 0 fully saturated rings. The summed E-state index contributed by atoms with van der Waals surface area (Å²) in [7, 11) is 0. The van der Waals surface area contributed by atoms with E-state index in [-0.39, 0.29) is 0 Å². The summed E-state index contributed by atoms with van der Waals surface area (Å²) >= 11 is 0. The number of carbonyl (C=O) groups is 1. The molecule has 0 radical (unpaired) electrons. The second-order valence-electron chi connectivity index (χ2n) is 3.01. The molecule has 15 heavy (non-hydrogen) atoms. The van der Waals surface area contributed by atoms with Gasteiger partial charge in [0.1, 0.15) is 11.5 Å². The molecule has 4 heteroatoms. The highest BCUT2D eigenvalue weighted by atomic mass is 16.5. The smallest absolute Gasteiger partial charge is 0.344 e. The summed E-state index contributed by atoms with van der Waals surface area (Å²) < 4.78 is 10.4. The average molecular weight is 210 g/mol. The van der Waals surface area contributed by atoms with Crippen molar-refractivity contribution < 1.29 is 19.4 Å². The first-order valence-electron chi connectivity index (χ1n) is 4.75. The van der Waals surface area contributed by atoms with Gasteiger partial charge in [0.25, 0.3) is 0 Å². The zero-order valence-electron chi connectivity index (χ0n) is 8.77. The van der Waals surface area contributed by atoms with Crippen LogP contribution in [-0.2, 0) is 4.79 Å². The van der Waals surface area contributed by atoms with Crippen LogP contribution in [0.1, 0.15) is 13.8 Å². The lowest BCUT2D eigenvalue weighted by atomic mass is 10.3. The molecule has 1 aromatic carbocycles. The second-order valence-corrected chi connectivity index (χ2v) is 3.01. The Morgan fingerprint density at radius 1 is 1.47 bits per heavy atom. The zero-order valence-corrected chi connectivity index (χ0v) is 8.77. The number of carboxylic acid groups (broad SMARTS) is 1. The molecule has 0 aliphatic rings. The van der Waals surface area contributed by atoms with Gasteiger partial charge in [0, 0.05) is 6.07 Å². The third-order valence-corrected chi connectivity index (χ3v) is 1.78. The van der Waals surface area contributed by atoms with E-state index in [1.807, 2.05) is 6.92 Å². The molecule has 0 saturated carbocycles. The van der Waals surface area contributed by atoms with Gasteiger partial charge in [0.15, 0.2) is 6.10 Å². The van der Waals surface area contributed by atoms with Gasteiger partial charge in [0.05, 0.1) is 6.61 Å². The highest BCUT2D eigenvalue weighted by molar-refractivity contribution is 5.72. The lowest BCUT2D eigenvalue weighted by molar-refractivity contribution is -0.144. The Morgan fingerprint density at radius 3 is 2.73 bits per heavy atom. The van der Waals surface area contributed by atoms with Gasteiger partial charge in [-0.1, -0.05) is 6.07 Å². The predicted octanol–water partition coefficient (Wildman–Crippen LogP) is 1.94. The molecule has 0 aromatic heterocycles. The third kappa shape index (κ3) is 3.50. The quantitative estimate of drug-likeness (QED) is 0.806. The number of benzene rings is 1. The SMILES string of the molecule is CCOc1cccc(OC(C)C(=O)O)c1. The van der Waals surface area contributed by atoms with Crippen molar-refractivity contribution in [3.63, 3.8) is 0 Å². The Hall–Kier alpha value is -1.71. The Balaban J connectivity index is 2.68. The number of hydrogen-bond donors (Lipinski definition) is 1. The van der Waals surface area contributed by atoms with E-state index in [9.17, 15) is 4.79 Å². The summed E-state index contributed by atoms with van der Waals surface area (Å²) in [6.07, 6.45) is -0.859. The van der Waals surface area contributed by atoms with Crippen molar-refractivity contribution in [2.45, 2.75) is 20.0 Å².